The second-order valence-corrected chi connectivity index (χ2v) is 8.70. The van der Waals surface area contributed by atoms with Crippen molar-refractivity contribution in [3.8, 4) is 6.07 Å². The SMILES string of the molecule is CS(=O)(=O)NC(=O)CO[C@@H]1C[C@@H]2C[C@H]1N[C@@H]2C(=O)N1CCC[C@H]1C#N.Cl. The lowest BCUT2D eigenvalue weighted by Crippen LogP contribution is -2.54. The van der Waals surface area contributed by atoms with E-state index in [1.165, 1.54) is 0 Å². The van der Waals surface area contributed by atoms with Crippen LogP contribution >= 0.6 is 12.4 Å². The van der Waals surface area contributed by atoms with Gasteiger partial charge in [0.1, 0.15) is 12.6 Å². The molecular formula is C15H23ClN4O5S. The number of likely N-dealkylation sites (tertiary alicyclic amines) is 1. The van der Waals surface area contributed by atoms with Gasteiger partial charge in [-0.2, -0.15) is 5.26 Å². The molecule has 146 valence electrons. The van der Waals surface area contributed by atoms with Crippen LogP contribution in [0.4, 0.5) is 0 Å². The number of halogens is 1. The number of amides is 2. The van der Waals surface area contributed by atoms with Gasteiger partial charge in [-0.25, -0.2) is 8.42 Å². The molecule has 2 aliphatic heterocycles. The summed E-state index contributed by atoms with van der Waals surface area (Å²) in [7, 11) is -3.59. The number of fused-ring (bicyclic) bond motifs is 2. The number of nitrogens with zero attached hydrogens (tertiary/aromatic N) is 2. The Morgan fingerprint density at radius 2 is 2.12 bits per heavy atom. The Kier molecular flexibility index (Phi) is 6.50. The molecule has 0 unspecified atom stereocenters. The van der Waals surface area contributed by atoms with E-state index in [-0.39, 0.29) is 55.1 Å². The van der Waals surface area contributed by atoms with Gasteiger partial charge in [-0.15, -0.1) is 12.4 Å². The van der Waals surface area contributed by atoms with Gasteiger partial charge in [0.25, 0.3) is 5.91 Å². The van der Waals surface area contributed by atoms with Gasteiger partial charge in [0.2, 0.25) is 15.9 Å². The zero-order chi connectivity index (χ0) is 18.2. The normalized spacial score (nSPS) is 32.8. The fourth-order valence-electron chi connectivity index (χ4n) is 4.07. The Morgan fingerprint density at radius 1 is 1.38 bits per heavy atom. The van der Waals surface area contributed by atoms with Crippen molar-refractivity contribution >= 4 is 34.2 Å². The fourth-order valence-corrected chi connectivity index (χ4v) is 4.54. The molecule has 1 aliphatic carbocycles. The molecule has 3 aliphatic rings. The molecule has 2 saturated heterocycles. The lowest BCUT2D eigenvalue weighted by molar-refractivity contribution is -0.136. The van der Waals surface area contributed by atoms with Crippen LogP contribution in [0.15, 0.2) is 0 Å². The molecule has 5 atom stereocenters. The van der Waals surface area contributed by atoms with E-state index in [9.17, 15) is 18.0 Å². The van der Waals surface area contributed by atoms with E-state index in [1.807, 2.05) is 4.72 Å². The average molecular weight is 407 g/mol. The van der Waals surface area contributed by atoms with Crippen molar-refractivity contribution < 1.29 is 22.7 Å². The first-order valence-electron chi connectivity index (χ1n) is 8.37. The third-order valence-electron chi connectivity index (χ3n) is 5.08. The van der Waals surface area contributed by atoms with Crippen LogP contribution in [0.1, 0.15) is 25.7 Å². The summed E-state index contributed by atoms with van der Waals surface area (Å²) < 4.78 is 29.4. The van der Waals surface area contributed by atoms with Crippen LogP contribution in [0.25, 0.3) is 0 Å². The summed E-state index contributed by atoms with van der Waals surface area (Å²) in [4.78, 5) is 25.8. The van der Waals surface area contributed by atoms with Gasteiger partial charge in [-0.05, 0) is 31.6 Å². The second kappa shape index (κ2) is 8.08. The first kappa shape index (κ1) is 20.9. The summed E-state index contributed by atoms with van der Waals surface area (Å²) in [6.07, 6.45) is 3.69. The van der Waals surface area contributed by atoms with Crippen LogP contribution < -0.4 is 10.0 Å². The maximum atomic E-state index is 12.7. The Morgan fingerprint density at radius 3 is 2.69 bits per heavy atom. The highest BCUT2D eigenvalue weighted by atomic mass is 35.5. The molecule has 0 aromatic heterocycles. The molecule has 3 fully saturated rings. The molecule has 9 nitrogen and oxygen atoms in total. The Labute approximate surface area is 158 Å². The molecule has 0 radical (unpaired) electrons. The van der Waals surface area contributed by atoms with Crippen molar-refractivity contribution in [3.05, 3.63) is 0 Å². The number of ether oxygens (including phenoxy) is 1. The van der Waals surface area contributed by atoms with Crippen molar-refractivity contribution in [1.29, 1.82) is 5.26 Å². The number of nitriles is 1. The van der Waals surface area contributed by atoms with Crippen LogP contribution in [0.3, 0.4) is 0 Å². The highest BCUT2D eigenvalue weighted by Crippen LogP contribution is 2.38. The Hall–Kier alpha value is -1.41. The minimum Gasteiger partial charge on any atom is -0.367 e. The van der Waals surface area contributed by atoms with Gasteiger partial charge in [-0.1, -0.05) is 0 Å². The van der Waals surface area contributed by atoms with Crippen LogP contribution in [0.2, 0.25) is 0 Å². The lowest BCUT2D eigenvalue weighted by atomic mass is 9.97. The van der Waals surface area contributed by atoms with E-state index >= 15 is 0 Å². The van der Waals surface area contributed by atoms with Gasteiger partial charge < -0.3 is 15.0 Å². The summed E-state index contributed by atoms with van der Waals surface area (Å²) in [5.74, 6) is -0.614. The number of nitrogens with one attached hydrogen (secondary N) is 2. The Balaban J connectivity index is 0.00000243. The number of rotatable bonds is 5. The van der Waals surface area contributed by atoms with Crippen LogP contribution in [-0.2, 0) is 24.3 Å². The van der Waals surface area contributed by atoms with Crippen molar-refractivity contribution in [2.24, 2.45) is 5.92 Å². The van der Waals surface area contributed by atoms with Crippen LogP contribution in [0, 0.1) is 17.2 Å². The molecule has 0 aromatic rings. The summed E-state index contributed by atoms with van der Waals surface area (Å²) in [5, 5.41) is 12.4. The predicted octanol–water partition coefficient (Wildman–Crippen LogP) is -0.866. The van der Waals surface area contributed by atoms with Crippen LogP contribution in [0.5, 0.6) is 0 Å². The highest BCUT2D eigenvalue weighted by molar-refractivity contribution is 7.89. The van der Waals surface area contributed by atoms with E-state index in [0.717, 1.165) is 25.5 Å². The quantitative estimate of drug-likeness (QED) is 0.607. The van der Waals surface area contributed by atoms with Crippen molar-refractivity contribution in [2.75, 3.05) is 19.4 Å². The molecule has 26 heavy (non-hydrogen) atoms. The zero-order valence-corrected chi connectivity index (χ0v) is 16.0. The first-order valence-corrected chi connectivity index (χ1v) is 10.3. The van der Waals surface area contributed by atoms with Gasteiger partial charge in [0.05, 0.1) is 24.5 Å². The zero-order valence-electron chi connectivity index (χ0n) is 14.4. The molecule has 3 rings (SSSR count). The third-order valence-corrected chi connectivity index (χ3v) is 5.68. The maximum Gasteiger partial charge on any atom is 0.259 e. The summed E-state index contributed by atoms with van der Waals surface area (Å²) in [5.41, 5.74) is 0. The number of sulfonamides is 1. The Bertz CT molecular complexity index is 709. The topological polar surface area (TPSA) is 129 Å². The molecule has 1 saturated carbocycles. The largest absolute Gasteiger partial charge is 0.367 e. The maximum absolute atomic E-state index is 12.7. The van der Waals surface area contributed by atoms with E-state index < -0.39 is 15.9 Å². The molecule has 11 heteroatoms. The van der Waals surface area contributed by atoms with E-state index in [2.05, 4.69) is 11.4 Å². The summed E-state index contributed by atoms with van der Waals surface area (Å²) in [6, 6.07) is 1.51. The molecule has 0 aromatic carbocycles. The number of carbonyl (C=O) groups excluding carboxylic acids is 2. The molecule has 0 spiro atoms. The number of carbonyl (C=O) groups is 2. The van der Waals surface area contributed by atoms with Crippen molar-refractivity contribution in [2.45, 2.75) is 49.9 Å². The van der Waals surface area contributed by atoms with E-state index in [1.54, 1.807) is 4.90 Å². The number of piperidine rings is 1. The summed E-state index contributed by atoms with van der Waals surface area (Å²) >= 11 is 0. The monoisotopic (exact) mass is 406 g/mol. The third kappa shape index (κ3) is 4.46. The molecular weight excluding hydrogens is 384 g/mol. The number of hydrogen-bond donors (Lipinski definition) is 2. The van der Waals surface area contributed by atoms with Gasteiger partial charge in [0, 0.05) is 12.6 Å². The van der Waals surface area contributed by atoms with E-state index in [0.29, 0.717) is 13.0 Å². The van der Waals surface area contributed by atoms with E-state index in [4.69, 9.17) is 10.00 Å². The number of hydrogen-bond acceptors (Lipinski definition) is 7. The predicted molar refractivity (Wildman–Crippen MR) is 93.8 cm³/mol. The standard InChI is InChI=1S/C15H22N4O5S.ClH/c1-25(22,23)18-13(20)8-24-12-6-9-5-11(12)17-14(9)15(21)19-4-2-3-10(19)7-16;/h9-12,14,17H,2-6,8H2,1H3,(H,18,20);1H/t9-,10-,11+,12+,14-;/m0./s1. The van der Waals surface area contributed by atoms with Gasteiger partial charge in [0.15, 0.2) is 0 Å². The minimum atomic E-state index is -3.59. The van der Waals surface area contributed by atoms with Crippen molar-refractivity contribution in [3.63, 3.8) is 0 Å². The first-order chi connectivity index (χ1) is 11.8. The lowest BCUT2D eigenvalue weighted by Gasteiger charge is -2.32. The second-order valence-electron chi connectivity index (χ2n) is 6.95. The summed E-state index contributed by atoms with van der Waals surface area (Å²) in [6.45, 7) is 0.294. The molecule has 2 bridgehead atoms. The average Bonchev–Trinajstić information content (AvgIpc) is 3.24. The van der Waals surface area contributed by atoms with Gasteiger partial charge >= 0.3 is 0 Å². The smallest absolute Gasteiger partial charge is 0.259 e. The van der Waals surface area contributed by atoms with Crippen LogP contribution in [-0.4, -0.2) is 68.8 Å². The van der Waals surface area contributed by atoms with Crippen molar-refractivity contribution in [1.82, 2.24) is 14.9 Å². The van der Waals surface area contributed by atoms with Gasteiger partial charge in [-0.3, -0.25) is 14.3 Å². The molecule has 2 heterocycles. The molecule has 2 amide bonds. The molecule has 2 N–H and O–H groups in total. The highest BCUT2D eigenvalue weighted by Gasteiger charge is 2.50. The minimum absolute atomic E-state index is 0. The fraction of sp³-hybridized carbons (Fsp3) is 0.800.